The molecule has 2 rings (SSSR count). The van der Waals surface area contributed by atoms with Gasteiger partial charge >= 0.3 is 0 Å². The van der Waals surface area contributed by atoms with Gasteiger partial charge in [-0.15, -0.1) is 0 Å². The molecule has 2 N–H and O–H groups in total. The standard InChI is InChI=1S/C15H23N3O/c1-10-7-11(2)9-12(8-10)18-15(19)13-5-4-6-17-14(13)16-3/h4-6,10-12H,7-9H2,1-3H3,(H,16,17)(H,18,19). The molecule has 0 radical (unpaired) electrons. The molecule has 1 saturated carbocycles. The highest BCUT2D eigenvalue weighted by atomic mass is 16.1. The number of carbonyl (C=O) groups excluding carboxylic acids is 1. The SMILES string of the molecule is CNc1ncccc1C(=O)NC1CC(C)CC(C)C1. The molecule has 1 aromatic heterocycles. The van der Waals surface area contributed by atoms with E-state index in [1.165, 1.54) is 6.42 Å². The smallest absolute Gasteiger partial charge is 0.255 e. The first kappa shape index (κ1) is 13.8. The van der Waals surface area contributed by atoms with Crippen molar-refractivity contribution in [3.05, 3.63) is 23.9 Å². The van der Waals surface area contributed by atoms with E-state index in [2.05, 4.69) is 29.5 Å². The van der Waals surface area contributed by atoms with Crippen molar-refractivity contribution in [2.24, 2.45) is 11.8 Å². The van der Waals surface area contributed by atoms with E-state index in [-0.39, 0.29) is 11.9 Å². The summed E-state index contributed by atoms with van der Waals surface area (Å²) in [7, 11) is 1.78. The molecule has 0 aromatic carbocycles. The van der Waals surface area contributed by atoms with Crippen LogP contribution in [0.4, 0.5) is 5.82 Å². The van der Waals surface area contributed by atoms with Crippen molar-refractivity contribution in [1.29, 1.82) is 0 Å². The molecular formula is C15H23N3O. The van der Waals surface area contributed by atoms with Crippen LogP contribution in [0.1, 0.15) is 43.5 Å². The first-order chi connectivity index (χ1) is 9.10. The number of nitrogens with one attached hydrogen (secondary N) is 2. The fraction of sp³-hybridized carbons (Fsp3) is 0.600. The minimum Gasteiger partial charge on any atom is -0.372 e. The lowest BCUT2D eigenvalue weighted by Gasteiger charge is -2.32. The Hall–Kier alpha value is -1.58. The van der Waals surface area contributed by atoms with Gasteiger partial charge in [-0.1, -0.05) is 13.8 Å². The van der Waals surface area contributed by atoms with Gasteiger partial charge in [0.1, 0.15) is 5.82 Å². The zero-order chi connectivity index (χ0) is 13.8. The highest BCUT2D eigenvalue weighted by Gasteiger charge is 2.25. The Labute approximate surface area is 115 Å². The van der Waals surface area contributed by atoms with Crippen LogP contribution < -0.4 is 10.6 Å². The second-order valence-corrected chi connectivity index (χ2v) is 5.74. The highest BCUT2D eigenvalue weighted by Crippen LogP contribution is 2.28. The zero-order valence-electron chi connectivity index (χ0n) is 11.9. The van der Waals surface area contributed by atoms with Crippen LogP contribution in [0, 0.1) is 11.8 Å². The molecule has 2 unspecified atom stereocenters. The number of hydrogen-bond donors (Lipinski definition) is 2. The monoisotopic (exact) mass is 261 g/mol. The van der Waals surface area contributed by atoms with E-state index in [0.29, 0.717) is 23.2 Å². The summed E-state index contributed by atoms with van der Waals surface area (Å²) in [6, 6.07) is 3.89. The molecule has 1 amide bonds. The van der Waals surface area contributed by atoms with Gasteiger partial charge in [-0.05, 0) is 43.2 Å². The van der Waals surface area contributed by atoms with Gasteiger partial charge in [0.15, 0.2) is 0 Å². The van der Waals surface area contributed by atoms with Crippen molar-refractivity contribution < 1.29 is 4.79 Å². The Balaban J connectivity index is 2.04. The van der Waals surface area contributed by atoms with Gasteiger partial charge < -0.3 is 10.6 Å². The summed E-state index contributed by atoms with van der Waals surface area (Å²) in [6.07, 6.45) is 5.10. The van der Waals surface area contributed by atoms with Crippen LogP contribution in [-0.2, 0) is 0 Å². The molecule has 19 heavy (non-hydrogen) atoms. The molecule has 0 saturated heterocycles. The summed E-state index contributed by atoms with van der Waals surface area (Å²) >= 11 is 0. The Morgan fingerprint density at radius 2 is 1.95 bits per heavy atom. The van der Waals surface area contributed by atoms with Gasteiger partial charge in [0.2, 0.25) is 0 Å². The largest absolute Gasteiger partial charge is 0.372 e. The number of rotatable bonds is 3. The van der Waals surface area contributed by atoms with Crippen molar-refractivity contribution in [2.75, 3.05) is 12.4 Å². The van der Waals surface area contributed by atoms with E-state index in [9.17, 15) is 4.79 Å². The molecular weight excluding hydrogens is 238 g/mol. The summed E-state index contributed by atoms with van der Waals surface area (Å²) in [5, 5.41) is 6.11. The van der Waals surface area contributed by atoms with Gasteiger partial charge in [-0.3, -0.25) is 4.79 Å². The minimum absolute atomic E-state index is 0.0243. The van der Waals surface area contributed by atoms with E-state index in [1.54, 1.807) is 19.3 Å². The van der Waals surface area contributed by atoms with E-state index in [1.807, 2.05) is 6.07 Å². The normalized spacial score (nSPS) is 26.8. The molecule has 0 bridgehead atoms. The number of nitrogens with zero attached hydrogens (tertiary/aromatic N) is 1. The summed E-state index contributed by atoms with van der Waals surface area (Å²) in [4.78, 5) is 16.5. The number of pyridine rings is 1. The van der Waals surface area contributed by atoms with Gasteiger partial charge in [-0.25, -0.2) is 4.98 Å². The fourth-order valence-corrected chi connectivity index (χ4v) is 3.12. The quantitative estimate of drug-likeness (QED) is 0.879. The van der Waals surface area contributed by atoms with Crippen LogP contribution in [0.15, 0.2) is 18.3 Å². The lowest BCUT2D eigenvalue weighted by molar-refractivity contribution is 0.0912. The van der Waals surface area contributed by atoms with Crippen molar-refractivity contribution in [3.63, 3.8) is 0 Å². The first-order valence-corrected chi connectivity index (χ1v) is 7.03. The summed E-state index contributed by atoms with van der Waals surface area (Å²) in [6.45, 7) is 4.52. The van der Waals surface area contributed by atoms with Crippen LogP contribution in [0.2, 0.25) is 0 Å². The molecule has 1 aromatic rings. The molecule has 1 fully saturated rings. The molecule has 2 atom stereocenters. The molecule has 0 spiro atoms. The van der Waals surface area contributed by atoms with Gasteiger partial charge in [0.05, 0.1) is 5.56 Å². The number of aromatic nitrogens is 1. The molecule has 4 heteroatoms. The second-order valence-electron chi connectivity index (χ2n) is 5.74. The Bertz CT molecular complexity index is 437. The highest BCUT2D eigenvalue weighted by molar-refractivity contribution is 5.98. The summed E-state index contributed by atoms with van der Waals surface area (Å²) < 4.78 is 0. The second kappa shape index (κ2) is 6.04. The van der Waals surface area contributed by atoms with Crippen LogP contribution >= 0.6 is 0 Å². The van der Waals surface area contributed by atoms with Crippen LogP contribution in [0.5, 0.6) is 0 Å². The molecule has 1 aliphatic rings. The third-order valence-electron chi connectivity index (χ3n) is 3.80. The number of amides is 1. The van der Waals surface area contributed by atoms with E-state index in [0.717, 1.165) is 12.8 Å². The van der Waals surface area contributed by atoms with Crippen molar-refractivity contribution in [3.8, 4) is 0 Å². The van der Waals surface area contributed by atoms with Crippen LogP contribution in [0.25, 0.3) is 0 Å². The summed E-state index contributed by atoms with van der Waals surface area (Å²) in [5.74, 6) is 1.99. The molecule has 1 aliphatic carbocycles. The zero-order valence-corrected chi connectivity index (χ0v) is 11.9. The van der Waals surface area contributed by atoms with Gasteiger partial charge in [-0.2, -0.15) is 0 Å². The average Bonchev–Trinajstić information content (AvgIpc) is 2.37. The molecule has 104 valence electrons. The fourth-order valence-electron chi connectivity index (χ4n) is 3.12. The first-order valence-electron chi connectivity index (χ1n) is 7.03. The lowest BCUT2D eigenvalue weighted by Crippen LogP contribution is -2.40. The minimum atomic E-state index is -0.0243. The maximum Gasteiger partial charge on any atom is 0.255 e. The number of anilines is 1. The maximum absolute atomic E-state index is 12.3. The van der Waals surface area contributed by atoms with E-state index < -0.39 is 0 Å². The van der Waals surface area contributed by atoms with Gasteiger partial charge in [0, 0.05) is 19.3 Å². The molecule has 4 nitrogen and oxygen atoms in total. The maximum atomic E-state index is 12.3. The average molecular weight is 261 g/mol. The molecule has 1 heterocycles. The van der Waals surface area contributed by atoms with Gasteiger partial charge in [0.25, 0.3) is 5.91 Å². The Morgan fingerprint density at radius 1 is 1.26 bits per heavy atom. The van der Waals surface area contributed by atoms with Crippen molar-refractivity contribution in [1.82, 2.24) is 10.3 Å². The van der Waals surface area contributed by atoms with Crippen molar-refractivity contribution in [2.45, 2.75) is 39.2 Å². The third-order valence-corrected chi connectivity index (χ3v) is 3.80. The number of carbonyl (C=O) groups is 1. The Kier molecular flexibility index (Phi) is 4.40. The van der Waals surface area contributed by atoms with Crippen molar-refractivity contribution >= 4 is 11.7 Å². The Morgan fingerprint density at radius 3 is 2.58 bits per heavy atom. The third kappa shape index (κ3) is 3.46. The topological polar surface area (TPSA) is 54.0 Å². The van der Waals surface area contributed by atoms with Crippen LogP contribution in [0.3, 0.4) is 0 Å². The van der Waals surface area contributed by atoms with Crippen LogP contribution in [-0.4, -0.2) is 24.0 Å². The van der Waals surface area contributed by atoms with E-state index >= 15 is 0 Å². The predicted octanol–water partition coefficient (Wildman–Crippen LogP) is 2.68. The summed E-state index contributed by atoms with van der Waals surface area (Å²) in [5.41, 5.74) is 0.621. The molecule has 0 aliphatic heterocycles. The lowest BCUT2D eigenvalue weighted by atomic mass is 9.80. The predicted molar refractivity (Wildman–Crippen MR) is 77.2 cm³/mol. The van der Waals surface area contributed by atoms with E-state index in [4.69, 9.17) is 0 Å². The number of hydrogen-bond acceptors (Lipinski definition) is 3.